The van der Waals surface area contributed by atoms with E-state index in [1.54, 1.807) is 36.3 Å². The molecule has 0 saturated carbocycles. The van der Waals surface area contributed by atoms with Gasteiger partial charge in [-0.25, -0.2) is 0 Å². The van der Waals surface area contributed by atoms with E-state index in [-0.39, 0.29) is 25.0 Å². The molecule has 0 fully saturated rings. The second kappa shape index (κ2) is 9.32. The average molecular weight is 342 g/mol. The Morgan fingerprint density at radius 2 is 1.64 bits per heavy atom. The lowest BCUT2D eigenvalue weighted by molar-refractivity contribution is -0.126. The molecule has 2 aromatic carbocycles. The van der Waals surface area contributed by atoms with Crippen LogP contribution >= 0.6 is 0 Å². The number of anilines is 1. The zero-order valence-corrected chi connectivity index (χ0v) is 14.4. The number of ether oxygens (including phenoxy) is 2. The van der Waals surface area contributed by atoms with E-state index in [1.165, 1.54) is 0 Å². The van der Waals surface area contributed by atoms with Gasteiger partial charge in [-0.3, -0.25) is 9.59 Å². The van der Waals surface area contributed by atoms with E-state index in [4.69, 9.17) is 9.47 Å². The van der Waals surface area contributed by atoms with Crippen LogP contribution in [0.25, 0.3) is 0 Å². The highest BCUT2D eigenvalue weighted by atomic mass is 16.5. The van der Waals surface area contributed by atoms with Gasteiger partial charge in [-0.1, -0.05) is 18.2 Å². The molecule has 0 aliphatic heterocycles. The van der Waals surface area contributed by atoms with Crippen LogP contribution in [0.2, 0.25) is 0 Å². The van der Waals surface area contributed by atoms with Gasteiger partial charge in [0, 0.05) is 12.2 Å². The first kappa shape index (κ1) is 18.3. The van der Waals surface area contributed by atoms with Crippen LogP contribution in [0.1, 0.15) is 6.92 Å². The highest BCUT2D eigenvalue weighted by Crippen LogP contribution is 2.16. The molecular formula is C19H22N2O4. The number of hydrogen-bond donors (Lipinski definition) is 1. The molecule has 0 bridgehead atoms. The number of likely N-dealkylation sites (N-methyl/N-ethyl adjacent to an activating group) is 1. The monoisotopic (exact) mass is 342 g/mol. The molecular weight excluding hydrogens is 320 g/mol. The molecule has 1 N–H and O–H groups in total. The number of amides is 2. The van der Waals surface area contributed by atoms with Crippen LogP contribution in [0.3, 0.4) is 0 Å². The van der Waals surface area contributed by atoms with E-state index < -0.39 is 0 Å². The van der Waals surface area contributed by atoms with Crippen LogP contribution in [0, 0.1) is 0 Å². The fourth-order valence-corrected chi connectivity index (χ4v) is 2.25. The first-order valence-electron chi connectivity index (χ1n) is 8.03. The minimum absolute atomic E-state index is 0.0759. The standard InChI is InChI=1S/C19H22N2O4/c1-3-21(15-7-5-4-6-8-15)19(23)13-20-18(22)14-25-17-11-9-16(24-2)10-12-17/h4-12H,3,13-14H2,1-2H3,(H,20,22). The van der Waals surface area contributed by atoms with Gasteiger partial charge in [0.05, 0.1) is 13.7 Å². The van der Waals surface area contributed by atoms with Crippen molar-refractivity contribution >= 4 is 17.5 Å². The van der Waals surface area contributed by atoms with Gasteiger partial charge in [-0.05, 0) is 43.3 Å². The van der Waals surface area contributed by atoms with E-state index >= 15 is 0 Å². The maximum atomic E-state index is 12.3. The van der Waals surface area contributed by atoms with Gasteiger partial charge >= 0.3 is 0 Å². The van der Waals surface area contributed by atoms with Crippen molar-refractivity contribution in [2.24, 2.45) is 0 Å². The van der Waals surface area contributed by atoms with Crippen molar-refractivity contribution in [2.75, 3.05) is 31.7 Å². The zero-order valence-electron chi connectivity index (χ0n) is 14.4. The predicted octanol–water partition coefficient (Wildman–Crippen LogP) is 2.24. The van der Waals surface area contributed by atoms with E-state index in [0.29, 0.717) is 18.0 Å². The summed E-state index contributed by atoms with van der Waals surface area (Å²) in [7, 11) is 1.58. The van der Waals surface area contributed by atoms with E-state index in [0.717, 1.165) is 5.69 Å². The zero-order chi connectivity index (χ0) is 18.1. The summed E-state index contributed by atoms with van der Waals surface area (Å²) < 4.78 is 10.4. The average Bonchev–Trinajstić information content (AvgIpc) is 2.66. The summed E-state index contributed by atoms with van der Waals surface area (Å²) in [4.78, 5) is 25.8. The van der Waals surface area contributed by atoms with E-state index in [2.05, 4.69) is 5.32 Å². The van der Waals surface area contributed by atoms with Crippen LogP contribution in [-0.4, -0.2) is 38.6 Å². The molecule has 2 aromatic rings. The Balaban J connectivity index is 1.79. The molecule has 0 aliphatic rings. The third-order valence-electron chi connectivity index (χ3n) is 3.55. The Hall–Kier alpha value is -3.02. The molecule has 6 heteroatoms. The topological polar surface area (TPSA) is 67.9 Å². The first-order chi connectivity index (χ1) is 12.1. The number of methoxy groups -OCH3 is 1. The molecule has 0 heterocycles. The quantitative estimate of drug-likeness (QED) is 0.799. The van der Waals surface area contributed by atoms with Gasteiger partial charge in [-0.15, -0.1) is 0 Å². The Morgan fingerprint density at radius 3 is 2.24 bits per heavy atom. The Labute approximate surface area is 147 Å². The molecule has 0 spiro atoms. The van der Waals surface area contributed by atoms with Crippen LogP contribution in [-0.2, 0) is 9.59 Å². The number of carbonyl (C=O) groups is 2. The molecule has 0 aliphatic carbocycles. The molecule has 132 valence electrons. The summed E-state index contributed by atoms with van der Waals surface area (Å²) in [6, 6.07) is 16.3. The number of hydrogen-bond acceptors (Lipinski definition) is 4. The molecule has 2 rings (SSSR count). The van der Waals surface area contributed by atoms with Crippen molar-refractivity contribution in [3.05, 3.63) is 54.6 Å². The molecule has 0 unspecified atom stereocenters. The minimum Gasteiger partial charge on any atom is -0.497 e. The summed E-state index contributed by atoms with van der Waals surface area (Å²) in [5.74, 6) is 0.740. The SMILES string of the molecule is CCN(C(=O)CNC(=O)COc1ccc(OC)cc1)c1ccccc1. The van der Waals surface area contributed by atoms with Crippen molar-refractivity contribution in [2.45, 2.75) is 6.92 Å². The minimum atomic E-state index is -0.353. The maximum Gasteiger partial charge on any atom is 0.258 e. The normalized spacial score (nSPS) is 10.0. The lowest BCUT2D eigenvalue weighted by Gasteiger charge is -2.21. The molecule has 0 aromatic heterocycles. The van der Waals surface area contributed by atoms with Gasteiger partial charge < -0.3 is 19.7 Å². The molecule has 6 nitrogen and oxygen atoms in total. The molecule has 25 heavy (non-hydrogen) atoms. The summed E-state index contributed by atoms with van der Waals surface area (Å²) in [5.41, 5.74) is 0.804. The lowest BCUT2D eigenvalue weighted by Crippen LogP contribution is -2.41. The number of nitrogens with zero attached hydrogens (tertiary/aromatic N) is 1. The van der Waals surface area contributed by atoms with Gasteiger partial charge in [0.15, 0.2) is 6.61 Å². The molecule has 0 saturated heterocycles. The van der Waals surface area contributed by atoms with Crippen LogP contribution in [0.4, 0.5) is 5.69 Å². The van der Waals surface area contributed by atoms with Gasteiger partial charge in [0.2, 0.25) is 5.91 Å². The maximum absolute atomic E-state index is 12.3. The Kier molecular flexibility index (Phi) is 6.83. The van der Waals surface area contributed by atoms with Crippen molar-refractivity contribution < 1.29 is 19.1 Å². The van der Waals surface area contributed by atoms with Crippen LogP contribution in [0.15, 0.2) is 54.6 Å². The molecule has 2 amide bonds. The van der Waals surface area contributed by atoms with Crippen molar-refractivity contribution in [1.82, 2.24) is 5.32 Å². The van der Waals surface area contributed by atoms with Crippen molar-refractivity contribution in [3.63, 3.8) is 0 Å². The number of carbonyl (C=O) groups excluding carboxylic acids is 2. The lowest BCUT2D eigenvalue weighted by atomic mass is 10.3. The number of para-hydroxylation sites is 1. The fourth-order valence-electron chi connectivity index (χ4n) is 2.25. The Morgan fingerprint density at radius 1 is 1.00 bits per heavy atom. The van der Waals surface area contributed by atoms with Crippen LogP contribution in [0.5, 0.6) is 11.5 Å². The fraction of sp³-hybridized carbons (Fsp3) is 0.263. The number of benzene rings is 2. The van der Waals surface area contributed by atoms with E-state index in [1.807, 2.05) is 37.3 Å². The van der Waals surface area contributed by atoms with E-state index in [9.17, 15) is 9.59 Å². The largest absolute Gasteiger partial charge is 0.497 e. The number of rotatable bonds is 8. The summed E-state index contributed by atoms with van der Waals surface area (Å²) >= 11 is 0. The predicted molar refractivity (Wildman–Crippen MR) is 96.0 cm³/mol. The molecule has 0 radical (unpaired) electrons. The van der Waals surface area contributed by atoms with Crippen LogP contribution < -0.4 is 19.7 Å². The second-order valence-corrected chi connectivity index (χ2v) is 5.21. The third kappa shape index (κ3) is 5.53. The van der Waals surface area contributed by atoms with Crippen molar-refractivity contribution in [1.29, 1.82) is 0 Å². The highest BCUT2D eigenvalue weighted by molar-refractivity contribution is 5.96. The molecule has 0 atom stereocenters. The second-order valence-electron chi connectivity index (χ2n) is 5.21. The smallest absolute Gasteiger partial charge is 0.258 e. The Bertz CT molecular complexity index is 686. The summed E-state index contributed by atoms with van der Waals surface area (Å²) in [6.45, 7) is 2.19. The number of nitrogens with one attached hydrogen (secondary N) is 1. The van der Waals surface area contributed by atoms with Gasteiger partial charge in [0.25, 0.3) is 5.91 Å². The van der Waals surface area contributed by atoms with Gasteiger partial charge in [-0.2, -0.15) is 0 Å². The van der Waals surface area contributed by atoms with Gasteiger partial charge in [0.1, 0.15) is 11.5 Å². The first-order valence-corrected chi connectivity index (χ1v) is 8.03. The van der Waals surface area contributed by atoms with Crippen molar-refractivity contribution in [3.8, 4) is 11.5 Å². The third-order valence-corrected chi connectivity index (χ3v) is 3.55. The highest BCUT2D eigenvalue weighted by Gasteiger charge is 2.14. The summed E-state index contributed by atoms with van der Waals surface area (Å²) in [6.07, 6.45) is 0. The summed E-state index contributed by atoms with van der Waals surface area (Å²) in [5, 5.41) is 2.58.